The minimum Gasteiger partial charge on any atom is -0.444 e. The number of fused-ring (bicyclic) bond motifs is 1. The summed E-state index contributed by atoms with van der Waals surface area (Å²) < 4.78 is 25.1. The van der Waals surface area contributed by atoms with Crippen LogP contribution in [-0.4, -0.2) is 68.9 Å². The van der Waals surface area contributed by atoms with Crippen LogP contribution in [0, 0.1) is 5.92 Å². The predicted molar refractivity (Wildman–Crippen MR) is 125 cm³/mol. The number of ether oxygens (including phenoxy) is 2. The molecule has 3 heterocycles. The van der Waals surface area contributed by atoms with Crippen molar-refractivity contribution in [3.8, 4) is 0 Å². The van der Waals surface area contributed by atoms with Gasteiger partial charge in [0.15, 0.2) is 0 Å². The van der Waals surface area contributed by atoms with Crippen LogP contribution < -0.4 is 0 Å². The number of piperidine rings is 1. The van der Waals surface area contributed by atoms with E-state index in [4.69, 9.17) is 18.3 Å². The number of nitrogens with zero attached hydrogens (tertiary/aromatic N) is 1. The Bertz CT molecular complexity index is 746. The fourth-order valence-corrected chi connectivity index (χ4v) is 10.0. The number of hydrogen-bond donors (Lipinski definition) is 0. The zero-order valence-corrected chi connectivity index (χ0v) is 22.2. The molecule has 1 unspecified atom stereocenters. The normalized spacial score (nSPS) is 31.3. The van der Waals surface area contributed by atoms with Gasteiger partial charge in [0.25, 0.3) is 0 Å². The lowest BCUT2D eigenvalue weighted by Gasteiger charge is -2.55. The van der Waals surface area contributed by atoms with Crippen molar-refractivity contribution >= 4 is 20.4 Å². The van der Waals surface area contributed by atoms with Crippen molar-refractivity contribution in [3.63, 3.8) is 0 Å². The second kappa shape index (κ2) is 8.53. The Hall–Kier alpha value is -1.22. The molecule has 0 N–H and O–H groups in total. The molecule has 0 saturated carbocycles. The van der Waals surface area contributed by atoms with E-state index < -0.39 is 26.2 Å². The molecule has 0 aliphatic carbocycles. The number of ketones is 1. The van der Waals surface area contributed by atoms with Gasteiger partial charge in [0.1, 0.15) is 17.5 Å². The molecule has 182 valence electrons. The Morgan fingerprint density at radius 1 is 1.03 bits per heavy atom. The van der Waals surface area contributed by atoms with Gasteiger partial charge in [0.2, 0.25) is 0 Å². The second-order valence-corrected chi connectivity index (χ2v) is 17.0. The zero-order chi connectivity index (χ0) is 24.1. The molecule has 3 aliphatic rings. The van der Waals surface area contributed by atoms with Gasteiger partial charge in [0.05, 0.1) is 24.7 Å². The summed E-state index contributed by atoms with van der Waals surface area (Å²) in [6.45, 7) is 19.8. The molecular weight excluding hydrogens is 426 g/mol. The number of carbonyl (C=O) groups excluding carboxylic acids is 2. The number of carbonyl (C=O) groups is 2. The van der Waals surface area contributed by atoms with Gasteiger partial charge in [-0.1, -0.05) is 53.7 Å². The van der Waals surface area contributed by atoms with Crippen LogP contribution in [0.1, 0.15) is 68.7 Å². The molecule has 0 aromatic heterocycles. The van der Waals surface area contributed by atoms with Crippen LogP contribution in [0.25, 0.3) is 0 Å². The summed E-state index contributed by atoms with van der Waals surface area (Å²) >= 11 is 0. The van der Waals surface area contributed by atoms with E-state index in [0.29, 0.717) is 26.1 Å². The second-order valence-electron chi connectivity index (χ2n) is 12.3. The predicted octanol–water partition coefficient (Wildman–Crippen LogP) is 4.59. The maximum absolute atomic E-state index is 12.7. The fraction of sp³-hybridized carbons (Fsp3) is 0.833. The largest absolute Gasteiger partial charge is 0.444 e. The average molecular weight is 468 g/mol. The summed E-state index contributed by atoms with van der Waals surface area (Å²) in [5, 5.41) is -0.206. The van der Waals surface area contributed by atoms with Crippen molar-refractivity contribution in [3.05, 3.63) is 12.2 Å². The third-order valence-electron chi connectivity index (χ3n) is 6.42. The molecule has 0 aromatic carbocycles. The minimum atomic E-state index is -2.59. The van der Waals surface area contributed by atoms with Gasteiger partial charge in [-0.2, -0.15) is 0 Å². The standard InChI is InChI=1S/C24H41NO6Si/c1-22(2,3)30-21(27)25-13-12-17(26)16(14-25)18-10-11-19-20(29-18)15-28-32(31-19,23(4,5)6)24(7,8)9/h10-11,16,18-20H,12-15H2,1-9H3/t16?,18-,19+,20+/m0/s1. The van der Waals surface area contributed by atoms with Gasteiger partial charge in [-0.3, -0.25) is 4.79 Å². The van der Waals surface area contributed by atoms with Crippen LogP contribution >= 0.6 is 0 Å². The molecule has 3 rings (SSSR count). The van der Waals surface area contributed by atoms with Crippen molar-refractivity contribution in [2.45, 2.75) is 103 Å². The molecule has 0 bridgehead atoms. The SMILES string of the molecule is CC(C)(C)OC(=O)N1CCC(=O)C([C@@H]2C=C[C@H]3O[Si](C(C)(C)C)(C(C)(C)C)OC[C@H]3O2)C1. The fourth-order valence-electron chi connectivity index (χ4n) is 5.12. The smallest absolute Gasteiger partial charge is 0.410 e. The molecule has 2 fully saturated rings. The molecule has 0 aromatic rings. The highest BCUT2D eigenvalue weighted by atomic mass is 28.4. The van der Waals surface area contributed by atoms with Crippen molar-refractivity contribution < 1.29 is 27.9 Å². The Morgan fingerprint density at radius 2 is 1.62 bits per heavy atom. The van der Waals surface area contributed by atoms with Gasteiger partial charge >= 0.3 is 14.7 Å². The quantitative estimate of drug-likeness (QED) is 0.415. The lowest BCUT2D eigenvalue weighted by atomic mass is 9.89. The summed E-state index contributed by atoms with van der Waals surface area (Å²) in [7, 11) is -2.59. The highest BCUT2D eigenvalue weighted by Crippen LogP contribution is 2.54. The zero-order valence-electron chi connectivity index (χ0n) is 21.2. The van der Waals surface area contributed by atoms with E-state index in [1.54, 1.807) is 4.90 Å². The van der Waals surface area contributed by atoms with Gasteiger partial charge < -0.3 is 23.2 Å². The maximum Gasteiger partial charge on any atom is 0.410 e. The first-order chi connectivity index (χ1) is 14.5. The lowest BCUT2D eigenvalue weighted by Crippen LogP contribution is -2.66. The number of hydrogen-bond acceptors (Lipinski definition) is 6. The highest BCUT2D eigenvalue weighted by Gasteiger charge is 2.62. The summed E-state index contributed by atoms with van der Waals surface area (Å²) in [6.07, 6.45) is 3.05. The van der Waals surface area contributed by atoms with E-state index in [0.717, 1.165) is 0 Å². The number of Topliss-reactive ketones (excluding diaryl/α,β-unsaturated/α-hetero) is 1. The number of amides is 1. The molecule has 1 amide bonds. The van der Waals surface area contributed by atoms with E-state index in [1.165, 1.54) is 0 Å². The Labute approximate surface area is 194 Å². The van der Waals surface area contributed by atoms with Crippen LogP contribution in [0.4, 0.5) is 4.79 Å². The highest BCUT2D eigenvalue weighted by molar-refractivity contribution is 6.73. The van der Waals surface area contributed by atoms with Gasteiger partial charge in [-0.05, 0) is 20.8 Å². The van der Waals surface area contributed by atoms with Crippen molar-refractivity contribution in [2.24, 2.45) is 5.92 Å². The Balaban J connectivity index is 1.74. The number of likely N-dealkylation sites (tertiary alicyclic amines) is 1. The average Bonchev–Trinajstić information content (AvgIpc) is 2.64. The number of rotatable bonds is 1. The summed E-state index contributed by atoms with van der Waals surface area (Å²) in [5.74, 6) is -0.300. The van der Waals surface area contributed by atoms with E-state index >= 15 is 0 Å². The summed E-state index contributed by atoms with van der Waals surface area (Å²) in [6, 6.07) is 0. The summed E-state index contributed by atoms with van der Waals surface area (Å²) in [4.78, 5) is 26.9. The van der Waals surface area contributed by atoms with Crippen molar-refractivity contribution in [1.82, 2.24) is 4.90 Å². The van der Waals surface area contributed by atoms with Crippen LogP contribution in [0.2, 0.25) is 10.1 Å². The molecule has 8 heteroatoms. The third kappa shape index (κ3) is 4.98. The van der Waals surface area contributed by atoms with Crippen LogP contribution in [-0.2, 0) is 23.1 Å². The maximum atomic E-state index is 12.7. The first kappa shape index (κ1) is 25.4. The molecule has 0 radical (unpaired) electrons. The van der Waals surface area contributed by atoms with Gasteiger partial charge in [-0.15, -0.1) is 0 Å². The van der Waals surface area contributed by atoms with Crippen LogP contribution in [0.5, 0.6) is 0 Å². The van der Waals surface area contributed by atoms with Crippen LogP contribution in [0.3, 0.4) is 0 Å². The Morgan fingerprint density at radius 3 is 2.19 bits per heavy atom. The third-order valence-corrected chi connectivity index (χ3v) is 11.6. The van der Waals surface area contributed by atoms with E-state index in [-0.39, 0.29) is 34.2 Å². The van der Waals surface area contributed by atoms with Gasteiger partial charge in [-0.25, -0.2) is 4.79 Å². The van der Waals surface area contributed by atoms with E-state index in [1.807, 2.05) is 32.9 Å². The first-order valence-corrected chi connectivity index (χ1v) is 13.5. The van der Waals surface area contributed by atoms with Crippen LogP contribution in [0.15, 0.2) is 12.2 Å². The minimum absolute atomic E-state index is 0.103. The Kier molecular flexibility index (Phi) is 6.77. The molecular formula is C24H41NO6Si. The summed E-state index contributed by atoms with van der Waals surface area (Å²) in [5.41, 5.74) is -0.574. The lowest BCUT2D eigenvalue weighted by molar-refractivity contribution is -0.147. The van der Waals surface area contributed by atoms with Gasteiger partial charge in [0, 0.05) is 29.6 Å². The van der Waals surface area contributed by atoms with E-state index in [9.17, 15) is 9.59 Å². The monoisotopic (exact) mass is 467 g/mol. The first-order valence-electron chi connectivity index (χ1n) is 11.7. The van der Waals surface area contributed by atoms with Crippen molar-refractivity contribution in [1.29, 1.82) is 0 Å². The molecule has 0 spiro atoms. The van der Waals surface area contributed by atoms with Crippen molar-refractivity contribution in [2.75, 3.05) is 19.7 Å². The molecule has 4 atom stereocenters. The topological polar surface area (TPSA) is 74.3 Å². The van der Waals surface area contributed by atoms with E-state index in [2.05, 4.69) is 41.5 Å². The molecule has 32 heavy (non-hydrogen) atoms. The molecule has 7 nitrogen and oxygen atoms in total. The molecule has 2 saturated heterocycles. The molecule has 3 aliphatic heterocycles.